The molecular weight excluding hydrogens is 416 g/mol. The Morgan fingerprint density at radius 2 is 1.53 bits per heavy atom. The number of aryl methyl sites for hydroxylation is 1. The van der Waals surface area contributed by atoms with Crippen LogP contribution in [0.15, 0.2) is 60.7 Å². The summed E-state index contributed by atoms with van der Waals surface area (Å²) in [6.45, 7) is 6.82. The van der Waals surface area contributed by atoms with Crippen molar-refractivity contribution in [2.75, 3.05) is 0 Å². The van der Waals surface area contributed by atoms with E-state index in [1.54, 1.807) is 0 Å². The quantitative estimate of drug-likeness (QED) is 0.129. The van der Waals surface area contributed by atoms with Crippen LogP contribution in [-0.2, 0) is 11.2 Å². The van der Waals surface area contributed by atoms with Crippen LogP contribution >= 0.6 is 0 Å². The van der Waals surface area contributed by atoms with Crippen molar-refractivity contribution in [1.29, 1.82) is 0 Å². The lowest BCUT2D eigenvalue weighted by Gasteiger charge is -2.22. The van der Waals surface area contributed by atoms with E-state index in [0.29, 0.717) is 11.7 Å². The molecule has 0 N–H and O–H groups in total. The maximum Gasteiger partial charge on any atom is 0.318 e. The zero-order valence-electron chi connectivity index (χ0n) is 21.6. The lowest BCUT2D eigenvalue weighted by Crippen LogP contribution is -2.22. The largest absolute Gasteiger partial charge is 0.426 e. The smallest absolute Gasteiger partial charge is 0.318 e. The molecule has 0 aliphatic heterocycles. The highest BCUT2D eigenvalue weighted by molar-refractivity contribution is 5.77. The summed E-state index contributed by atoms with van der Waals surface area (Å²) in [5.41, 5.74) is 3.76. The monoisotopic (exact) mass is 460 g/mol. The van der Waals surface area contributed by atoms with Gasteiger partial charge in [0.1, 0.15) is 5.75 Å². The Morgan fingerprint density at radius 1 is 0.853 bits per heavy atom. The zero-order valence-corrected chi connectivity index (χ0v) is 21.6. The molecule has 0 saturated heterocycles. The lowest BCUT2D eigenvalue weighted by molar-refractivity contribution is -0.137. The number of esters is 1. The van der Waals surface area contributed by atoms with Gasteiger partial charge < -0.3 is 4.74 Å². The fourth-order valence-electron chi connectivity index (χ4n) is 4.81. The second kappa shape index (κ2) is 14.1. The summed E-state index contributed by atoms with van der Waals surface area (Å²) < 4.78 is 5.69. The van der Waals surface area contributed by atoms with E-state index < -0.39 is 0 Å². The van der Waals surface area contributed by atoms with Crippen molar-refractivity contribution in [2.24, 2.45) is 17.8 Å². The lowest BCUT2D eigenvalue weighted by atomic mass is 9.85. The topological polar surface area (TPSA) is 26.3 Å². The maximum atomic E-state index is 12.6. The predicted octanol–water partition coefficient (Wildman–Crippen LogP) is 9.18. The van der Waals surface area contributed by atoms with Crippen LogP contribution in [-0.4, -0.2) is 5.97 Å². The Kier molecular flexibility index (Phi) is 10.9. The van der Waals surface area contributed by atoms with Gasteiger partial charge in [-0.3, -0.25) is 4.79 Å². The summed E-state index contributed by atoms with van der Waals surface area (Å²) in [5.74, 6) is 1.77. The van der Waals surface area contributed by atoms with Crippen molar-refractivity contribution < 1.29 is 9.53 Å². The summed E-state index contributed by atoms with van der Waals surface area (Å²) in [6.07, 6.45) is 17.8. The Morgan fingerprint density at radius 3 is 2.15 bits per heavy atom. The molecule has 2 aromatic rings. The average molecular weight is 461 g/mol. The van der Waals surface area contributed by atoms with Crippen molar-refractivity contribution in [3.8, 4) is 16.9 Å². The molecule has 0 amide bonds. The first-order valence-electron chi connectivity index (χ1n) is 13.6. The standard InChI is InChI=1S/C32H44O2/c1-4-5-6-7-8-11-26-13-17-28(18-14-26)29-21-23-31(24-22-29)34-32(33)30-19-15-27(16-20-30)12-9-10-25(2)3/h13-15,17-19,21-25,27,30H,4-12,16,20H2,1-3H3. The van der Waals surface area contributed by atoms with Crippen molar-refractivity contribution >= 4 is 5.97 Å². The van der Waals surface area contributed by atoms with Gasteiger partial charge >= 0.3 is 5.97 Å². The molecule has 0 bridgehead atoms. The van der Waals surface area contributed by atoms with Crippen LogP contribution < -0.4 is 4.74 Å². The third-order valence-corrected chi connectivity index (χ3v) is 7.05. The highest BCUT2D eigenvalue weighted by Crippen LogP contribution is 2.29. The summed E-state index contributed by atoms with van der Waals surface area (Å²) in [7, 11) is 0. The van der Waals surface area contributed by atoms with Gasteiger partial charge in [0.15, 0.2) is 0 Å². The van der Waals surface area contributed by atoms with Gasteiger partial charge in [0.05, 0.1) is 5.92 Å². The van der Waals surface area contributed by atoms with Crippen LogP contribution in [0.1, 0.15) is 90.5 Å². The minimum absolute atomic E-state index is 0.115. The van der Waals surface area contributed by atoms with E-state index in [0.717, 1.165) is 30.7 Å². The highest BCUT2D eigenvalue weighted by atomic mass is 16.5. The molecule has 2 atom stereocenters. The third-order valence-electron chi connectivity index (χ3n) is 7.05. The predicted molar refractivity (Wildman–Crippen MR) is 144 cm³/mol. The summed E-state index contributed by atoms with van der Waals surface area (Å²) in [5, 5.41) is 0. The number of carbonyl (C=O) groups excluding carboxylic acids is 1. The fraction of sp³-hybridized carbons (Fsp3) is 0.531. The number of hydrogen-bond acceptors (Lipinski definition) is 2. The number of carbonyl (C=O) groups is 1. The zero-order chi connectivity index (χ0) is 24.2. The number of unbranched alkanes of at least 4 members (excludes halogenated alkanes) is 4. The molecule has 184 valence electrons. The first kappa shape index (κ1) is 26.3. The molecule has 3 rings (SSSR count). The Labute approximate surface area is 207 Å². The second-order valence-corrected chi connectivity index (χ2v) is 10.5. The van der Waals surface area contributed by atoms with Crippen LogP contribution in [0, 0.1) is 17.8 Å². The molecule has 1 aliphatic rings. The number of rotatable bonds is 13. The van der Waals surface area contributed by atoms with Crippen LogP contribution in [0.25, 0.3) is 11.1 Å². The minimum Gasteiger partial charge on any atom is -0.426 e. The van der Waals surface area contributed by atoms with E-state index in [9.17, 15) is 4.79 Å². The first-order valence-corrected chi connectivity index (χ1v) is 13.6. The first-order chi connectivity index (χ1) is 16.5. The van der Waals surface area contributed by atoms with E-state index in [1.807, 2.05) is 24.3 Å². The number of ether oxygens (including phenoxy) is 1. The highest BCUT2D eigenvalue weighted by Gasteiger charge is 2.23. The summed E-state index contributed by atoms with van der Waals surface area (Å²) in [6, 6.07) is 16.8. The Bertz CT molecular complexity index is 876. The molecule has 2 unspecified atom stereocenters. The summed E-state index contributed by atoms with van der Waals surface area (Å²) >= 11 is 0. The third kappa shape index (κ3) is 8.78. The van der Waals surface area contributed by atoms with E-state index in [4.69, 9.17) is 4.74 Å². The summed E-state index contributed by atoms with van der Waals surface area (Å²) in [4.78, 5) is 12.6. The molecule has 0 fully saturated rings. The Balaban J connectivity index is 1.45. The van der Waals surface area contributed by atoms with Gasteiger partial charge in [0.2, 0.25) is 0 Å². The van der Waals surface area contributed by atoms with Crippen molar-refractivity contribution in [2.45, 2.75) is 91.4 Å². The molecule has 0 aromatic heterocycles. The molecule has 0 heterocycles. The molecule has 2 aromatic carbocycles. The van der Waals surface area contributed by atoms with Gasteiger partial charge in [0, 0.05) is 0 Å². The molecule has 34 heavy (non-hydrogen) atoms. The second-order valence-electron chi connectivity index (χ2n) is 10.5. The van der Waals surface area contributed by atoms with E-state index in [1.165, 1.54) is 62.5 Å². The SMILES string of the molecule is CCCCCCCc1ccc(-c2ccc(OC(=O)C3C=CC(CCCC(C)C)CC3)cc2)cc1. The van der Waals surface area contributed by atoms with Crippen LogP contribution in [0.3, 0.4) is 0 Å². The van der Waals surface area contributed by atoms with Crippen LogP contribution in [0.2, 0.25) is 0 Å². The van der Waals surface area contributed by atoms with E-state index >= 15 is 0 Å². The molecule has 0 saturated carbocycles. The van der Waals surface area contributed by atoms with Crippen LogP contribution in [0.4, 0.5) is 0 Å². The van der Waals surface area contributed by atoms with Gasteiger partial charge in [-0.05, 0) is 72.8 Å². The Hall–Kier alpha value is -2.35. The number of benzene rings is 2. The van der Waals surface area contributed by atoms with Gasteiger partial charge in [-0.1, -0.05) is 108 Å². The number of hydrogen-bond donors (Lipinski definition) is 0. The molecule has 0 radical (unpaired) electrons. The van der Waals surface area contributed by atoms with E-state index in [2.05, 4.69) is 57.2 Å². The van der Waals surface area contributed by atoms with Crippen LogP contribution in [0.5, 0.6) is 5.75 Å². The normalized spacial score (nSPS) is 17.8. The van der Waals surface area contributed by atoms with E-state index in [-0.39, 0.29) is 11.9 Å². The molecular formula is C32H44O2. The maximum absolute atomic E-state index is 12.6. The molecule has 1 aliphatic carbocycles. The molecule has 2 heteroatoms. The van der Waals surface area contributed by atoms with Gasteiger partial charge in [0.25, 0.3) is 0 Å². The van der Waals surface area contributed by atoms with Gasteiger partial charge in [-0.15, -0.1) is 0 Å². The molecule has 0 spiro atoms. The van der Waals surface area contributed by atoms with Crippen molar-refractivity contribution in [3.63, 3.8) is 0 Å². The minimum atomic E-state index is -0.132. The average Bonchev–Trinajstić information content (AvgIpc) is 2.85. The van der Waals surface area contributed by atoms with Crippen molar-refractivity contribution in [3.05, 3.63) is 66.2 Å². The fourth-order valence-corrected chi connectivity index (χ4v) is 4.81. The van der Waals surface area contributed by atoms with Crippen molar-refractivity contribution in [1.82, 2.24) is 0 Å². The molecule has 2 nitrogen and oxygen atoms in total. The van der Waals surface area contributed by atoms with Gasteiger partial charge in [-0.2, -0.15) is 0 Å². The van der Waals surface area contributed by atoms with Gasteiger partial charge in [-0.25, -0.2) is 0 Å². The number of allylic oxidation sites excluding steroid dienone is 1.